The number of nitrogens with zero attached hydrogens (tertiary/aromatic N) is 1. The molecule has 96 valence electrons. The Bertz CT molecular complexity index is 546. The van der Waals surface area contributed by atoms with Crippen molar-refractivity contribution < 1.29 is 4.74 Å². The number of aromatic nitrogens is 2. The predicted octanol–water partition coefficient (Wildman–Crippen LogP) is 2.42. The van der Waals surface area contributed by atoms with Gasteiger partial charge in [-0.2, -0.15) is 5.10 Å². The molecule has 0 bridgehead atoms. The molecular formula is C14H19N3O. The molecule has 0 fully saturated rings. The molecule has 4 nitrogen and oxygen atoms in total. The van der Waals surface area contributed by atoms with Crippen LogP contribution in [0.15, 0.2) is 18.3 Å². The molecule has 4 heteroatoms. The van der Waals surface area contributed by atoms with Crippen LogP contribution in [0, 0.1) is 13.8 Å². The van der Waals surface area contributed by atoms with E-state index in [4.69, 9.17) is 4.74 Å². The highest BCUT2D eigenvalue weighted by atomic mass is 16.5. The molecule has 1 aromatic carbocycles. The zero-order chi connectivity index (χ0) is 13.1. The quantitative estimate of drug-likeness (QED) is 0.869. The highest BCUT2D eigenvalue weighted by molar-refractivity contribution is 5.75. The second-order valence-electron chi connectivity index (χ2n) is 4.45. The maximum absolute atomic E-state index is 5.50. The summed E-state index contributed by atoms with van der Waals surface area (Å²) in [7, 11) is 3.62. The minimum atomic E-state index is 0.756. The second kappa shape index (κ2) is 5.23. The molecule has 0 aliphatic carbocycles. The molecule has 2 aromatic rings. The Labute approximate surface area is 107 Å². The first kappa shape index (κ1) is 12.6. The topological polar surface area (TPSA) is 49.9 Å². The van der Waals surface area contributed by atoms with Crippen LogP contribution in [-0.2, 0) is 6.54 Å². The number of methoxy groups -OCH3 is 1. The Morgan fingerprint density at radius 3 is 2.78 bits per heavy atom. The van der Waals surface area contributed by atoms with E-state index in [2.05, 4.69) is 41.5 Å². The molecule has 0 atom stereocenters. The maximum atomic E-state index is 5.50. The van der Waals surface area contributed by atoms with Crippen molar-refractivity contribution in [1.82, 2.24) is 15.5 Å². The van der Waals surface area contributed by atoms with Gasteiger partial charge >= 0.3 is 0 Å². The largest absolute Gasteiger partial charge is 0.496 e. The standard InChI is InChI=1S/C14H19N3O/c1-9-5-10(2)14(13(6-9)18-4)11-7-16-17-12(11)8-15-3/h5-7,15H,8H2,1-4H3,(H,16,17). The van der Waals surface area contributed by atoms with E-state index in [0.29, 0.717) is 0 Å². The van der Waals surface area contributed by atoms with Gasteiger partial charge in [0, 0.05) is 17.7 Å². The van der Waals surface area contributed by atoms with Gasteiger partial charge in [-0.25, -0.2) is 0 Å². The van der Waals surface area contributed by atoms with E-state index in [0.717, 1.165) is 29.1 Å². The second-order valence-corrected chi connectivity index (χ2v) is 4.45. The third-order valence-corrected chi connectivity index (χ3v) is 3.00. The van der Waals surface area contributed by atoms with Gasteiger partial charge in [-0.15, -0.1) is 0 Å². The van der Waals surface area contributed by atoms with Crippen molar-refractivity contribution in [3.63, 3.8) is 0 Å². The van der Waals surface area contributed by atoms with E-state index < -0.39 is 0 Å². The first-order valence-electron chi connectivity index (χ1n) is 5.99. The van der Waals surface area contributed by atoms with E-state index in [1.807, 2.05) is 13.2 Å². The lowest BCUT2D eigenvalue weighted by Gasteiger charge is -2.13. The molecule has 1 aromatic heterocycles. The van der Waals surface area contributed by atoms with E-state index in [9.17, 15) is 0 Å². The van der Waals surface area contributed by atoms with Crippen molar-refractivity contribution in [2.45, 2.75) is 20.4 Å². The molecule has 0 radical (unpaired) electrons. The summed E-state index contributed by atoms with van der Waals surface area (Å²) in [6.45, 7) is 4.93. The molecule has 0 spiro atoms. The van der Waals surface area contributed by atoms with Gasteiger partial charge in [0.15, 0.2) is 0 Å². The summed E-state index contributed by atoms with van der Waals surface area (Å²) >= 11 is 0. The van der Waals surface area contributed by atoms with Gasteiger partial charge < -0.3 is 10.1 Å². The lowest BCUT2D eigenvalue weighted by atomic mass is 9.97. The SMILES string of the molecule is CNCc1[nH]ncc1-c1c(C)cc(C)cc1OC. The smallest absolute Gasteiger partial charge is 0.127 e. The number of ether oxygens (including phenoxy) is 1. The molecule has 0 amide bonds. The van der Waals surface area contributed by atoms with E-state index in [1.165, 1.54) is 11.1 Å². The number of H-pyrrole nitrogens is 1. The summed E-state index contributed by atoms with van der Waals surface area (Å²) in [5.41, 5.74) is 5.68. The molecule has 0 saturated heterocycles. The summed E-state index contributed by atoms with van der Waals surface area (Å²) in [4.78, 5) is 0. The molecule has 0 saturated carbocycles. The number of nitrogens with one attached hydrogen (secondary N) is 2. The predicted molar refractivity (Wildman–Crippen MR) is 72.8 cm³/mol. The Balaban J connectivity index is 2.59. The lowest BCUT2D eigenvalue weighted by Crippen LogP contribution is -2.07. The fourth-order valence-corrected chi connectivity index (χ4v) is 2.27. The molecule has 0 aliphatic rings. The average Bonchev–Trinajstić information content (AvgIpc) is 2.76. The molecule has 1 heterocycles. The first-order valence-corrected chi connectivity index (χ1v) is 5.99. The Hall–Kier alpha value is -1.81. The number of aryl methyl sites for hydroxylation is 2. The van der Waals surface area contributed by atoms with Crippen molar-refractivity contribution in [3.05, 3.63) is 35.2 Å². The van der Waals surface area contributed by atoms with Crippen molar-refractivity contribution in [1.29, 1.82) is 0 Å². The van der Waals surface area contributed by atoms with Gasteiger partial charge in [0.25, 0.3) is 0 Å². The number of hydrogen-bond donors (Lipinski definition) is 2. The normalized spacial score (nSPS) is 10.7. The zero-order valence-corrected chi connectivity index (χ0v) is 11.3. The van der Waals surface area contributed by atoms with Crippen molar-refractivity contribution in [3.8, 4) is 16.9 Å². The Kier molecular flexibility index (Phi) is 3.67. The number of rotatable bonds is 4. The summed E-state index contributed by atoms with van der Waals surface area (Å²) in [5, 5.41) is 10.3. The van der Waals surface area contributed by atoms with Crippen LogP contribution in [0.5, 0.6) is 5.75 Å². The third kappa shape index (κ3) is 2.24. The summed E-state index contributed by atoms with van der Waals surface area (Å²) in [5.74, 6) is 0.895. The van der Waals surface area contributed by atoms with Gasteiger partial charge in [0.05, 0.1) is 19.0 Å². The number of benzene rings is 1. The summed E-state index contributed by atoms with van der Waals surface area (Å²) in [6, 6.07) is 4.21. The molecular weight excluding hydrogens is 226 g/mol. The van der Waals surface area contributed by atoms with E-state index >= 15 is 0 Å². The van der Waals surface area contributed by atoms with Gasteiger partial charge in [0.2, 0.25) is 0 Å². The highest BCUT2D eigenvalue weighted by Gasteiger charge is 2.15. The third-order valence-electron chi connectivity index (χ3n) is 3.00. The van der Waals surface area contributed by atoms with Crippen molar-refractivity contribution in [2.24, 2.45) is 0 Å². The molecule has 2 rings (SSSR count). The lowest BCUT2D eigenvalue weighted by molar-refractivity contribution is 0.416. The van der Waals surface area contributed by atoms with Gasteiger partial charge in [-0.1, -0.05) is 6.07 Å². The fourth-order valence-electron chi connectivity index (χ4n) is 2.27. The average molecular weight is 245 g/mol. The minimum Gasteiger partial charge on any atom is -0.496 e. The zero-order valence-electron chi connectivity index (χ0n) is 11.3. The molecule has 18 heavy (non-hydrogen) atoms. The highest BCUT2D eigenvalue weighted by Crippen LogP contribution is 2.35. The molecule has 0 unspecified atom stereocenters. The van der Waals surface area contributed by atoms with Gasteiger partial charge in [0.1, 0.15) is 5.75 Å². The fraction of sp³-hybridized carbons (Fsp3) is 0.357. The number of aromatic amines is 1. The van der Waals surface area contributed by atoms with Crippen molar-refractivity contribution in [2.75, 3.05) is 14.2 Å². The summed E-state index contributed by atoms with van der Waals surface area (Å²) < 4.78 is 5.50. The van der Waals surface area contributed by atoms with Crippen LogP contribution in [0.3, 0.4) is 0 Å². The Morgan fingerprint density at radius 2 is 2.11 bits per heavy atom. The van der Waals surface area contributed by atoms with Crippen LogP contribution in [0.25, 0.3) is 11.1 Å². The Morgan fingerprint density at radius 1 is 1.33 bits per heavy atom. The first-order chi connectivity index (χ1) is 8.67. The minimum absolute atomic E-state index is 0.756. The van der Waals surface area contributed by atoms with E-state index in [1.54, 1.807) is 7.11 Å². The van der Waals surface area contributed by atoms with Crippen molar-refractivity contribution >= 4 is 0 Å². The van der Waals surface area contributed by atoms with Crippen LogP contribution in [0.4, 0.5) is 0 Å². The van der Waals surface area contributed by atoms with E-state index in [-0.39, 0.29) is 0 Å². The van der Waals surface area contributed by atoms with Crippen LogP contribution in [-0.4, -0.2) is 24.4 Å². The molecule has 2 N–H and O–H groups in total. The van der Waals surface area contributed by atoms with Crippen LogP contribution >= 0.6 is 0 Å². The van der Waals surface area contributed by atoms with Gasteiger partial charge in [-0.3, -0.25) is 5.10 Å². The number of hydrogen-bond acceptors (Lipinski definition) is 3. The van der Waals surface area contributed by atoms with Crippen LogP contribution < -0.4 is 10.1 Å². The van der Waals surface area contributed by atoms with Crippen LogP contribution in [0.2, 0.25) is 0 Å². The molecule has 0 aliphatic heterocycles. The maximum Gasteiger partial charge on any atom is 0.127 e. The summed E-state index contributed by atoms with van der Waals surface area (Å²) in [6.07, 6.45) is 1.85. The van der Waals surface area contributed by atoms with Crippen LogP contribution in [0.1, 0.15) is 16.8 Å². The van der Waals surface area contributed by atoms with Gasteiger partial charge in [-0.05, 0) is 38.1 Å². The monoisotopic (exact) mass is 245 g/mol.